The SMILES string of the molecule is CCC(Oc1ccccc1Cl)C(=O)Nc1cccc(C(N)=O)c1. The van der Waals surface area contributed by atoms with Crippen molar-refractivity contribution in [3.8, 4) is 5.75 Å². The van der Waals surface area contributed by atoms with E-state index in [4.69, 9.17) is 22.1 Å². The van der Waals surface area contributed by atoms with Gasteiger partial charge in [-0.3, -0.25) is 9.59 Å². The van der Waals surface area contributed by atoms with Gasteiger partial charge in [0.25, 0.3) is 5.91 Å². The second-order valence-electron chi connectivity index (χ2n) is 4.88. The number of para-hydroxylation sites is 1. The molecule has 2 aromatic carbocycles. The number of nitrogens with one attached hydrogen (secondary N) is 1. The molecule has 0 bridgehead atoms. The summed E-state index contributed by atoms with van der Waals surface area (Å²) in [6, 6.07) is 13.4. The zero-order valence-electron chi connectivity index (χ0n) is 12.6. The highest BCUT2D eigenvalue weighted by Crippen LogP contribution is 2.25. The molecule has 0 saturated heterocycles. The van der Waals surface area contributed by atoms with Crippen molar-refractivity contribution in [1.29, 1.82) is 0 Å². The van der Waals surface area contributed by atoms with Crippen molar-refractivity contribution in [2.45, 2.75) is 19.4 Å². The maximum atomic E-state index is 12.3. The van der Waals surface area contributed by atoms with Gasteiger partial charge in [0, 0.05) is 11.3 Å². The minimum atomic E-state index is -0.702. The lowest BCUT2D eigenvalue weighted by Gasteiger charge is -2.18. The molecule has 6 heteroatoms. The lowest BCUT2D eigenvalue weighted by atomic mass is 10.2. The van der Waals surface area contributed by atoms with Gasteiger partial charge in [-0.25, -0.2) is 0 Å². The van der Waals surface area contributed by atoms with Crippen LogP contribution in [0.3, 0.4) is 0 Å². The first-order valence-corrected chi connectivity index (χ1v) is 7.51. The molecule has 2 amide bonds. The number of amides is 2. The predicted octanol–water partition coefficient (Wildman–Crippen LogP) is 3.24. The van der Waals surface area contributed by atoms with E-state index in [0.717, 1.165) is 0 Å². The number of benzene rings is 2. The molecule has 0 aliphatic rings. The molecule has 1 atom stereocenters. The van der Waals surface area contributed by atoms with E-state index in [0.29, 0.717) is 28.4 Å². The zero-order chi connectivity index (χ0) is 16.8. The topological polar surface area (TPSA) is 81.4 Å². The maximum Gasteiger partial charge on any atom is 0.265 e. The molecule has 0 aromatic heterocycles. The highest BCUT2D eigenvalue weighted by molar-refractivity contribution is 6.32. The first-order chi connectivity index (χ1) is 11.0. The molecule has 1 unspecified atom stereocenters. The quantitative estimate of drug-likeness (QED) is 0.852. The minimum absolute atomic E-state index is 0.322. The highest BCUT2D eigenvalue weighted by atomic mass is 35.5. The van der Waals surface area contributed by atoms with Gasteiger partial charge in [-0.1, -0.05) is 36.7 Å². The molecule has 120 valence electrons. The Morgan fingerprint density at radius 3 is 2.61 bits per heavy atom. The number of halogens is 1. The molecule has 3 N–H and O–H groups in total. The van der Waals surface area contributed by atoms with Crippen LogP contribution < -0.4 is 15.8 Å². The van der Waals surface area contributed by atoms with E-state index in [1.54, 1.807) is 42.5 Å². The fourth-order valence-electron chi connectivity index (χ4n) is 1.99. The van der Waals surface area contributed by atoms with Gasteiger partial charge < -0.3 is 15.8 Å². The second kappa shape index (κ2) is 7.65. The van der Waals surface area contributed by atoms with Crippen molar-refractivity contribution in [3.63, 3.8) is 0 Å². The summed E-state index contributed by atoms with van der Waals surface area (Å²) < 4.78 is 5.67. The van der Waals surface area contributed by atoms with E-state index >= 15 is 0 Å². The van der Waals surface area contributed by atoms with Crippen molar-refractivity contribution in [1.82, 2.24) is 0 Å². The third kappa shape index (κ3) is 4.47. The minimum Gasteiger partial charge on any atom is -0.479 e. The largest absolute Gasteiger partial charge is 0.479 e. The van der Waals surface area contributed by atoms with Crippen molar-refractivity contribution >= 4 is 29.1 Å². The van der Waals surface area contributed by atoms with Crippen LogP contribution in [-0.2, 0) is 4.79 Å². The van der Waals surface area contributed by atoms with Gasteiger partial charge in [0.05, 0.1) is 5.02 Å². The van der Waals surface area contributed by atoms with Crippen LogP contribution >= 0.6 is 11.6 Å². The first kappa shape index (κ1) is 16.8. The summed E-state index contributed by atoms with van der Waals surface area (Å²) in [4.78, 5) is 23.5. The Hall–Kier alpha value is -2.53. The summed E-state index contributed by atoms with van der Waals surface area (Å²) >= 11 is 6.04. The number of hydrogen-bond donors (Lipinski definition) is 2. The number of rotatable bonds is 6. The summed E-state index contributed by atoms with van der Waals surface area (Å²) in [5, 5.41) is 3.15. The van der Waals surface area contributed by atoms with E-state index in [9.17, 15) is 9.59 Å². The number of carbonyl (C=O) groups excluding carboxylic acids is 2. The van der Waals surface area contributed by atoms with Crippen LogP contribution in [0.15, 0.2) is 48.5 Å². The molecule has 0 aliphatic carbocycles. The molecule has 5 nitrogen and oxygen atoms in total. The Labute approximate surface area is 139 Å². The summed E-state index contributed by atoms with van der Waals surface area (Å²) in [6.45, 7) is 1.83. The molecular formula is C17H17ClN2O3. The first-order valence-electron chi connectivity index (χ1n) is 7.13. The Morgan fingerprint density at radius 2 is 1.96 bits per heavy atom. The van der Waals surface area contributed by atoms with Crippen molar-refractivity contribution in [2.75, 3.05) is 5.32 Å². The van der Waals surface area contributed by atoms with E-state index in [2.05, 4.69) is 5.32 Å². The van der Waals surface area contributed by atoms with E-state index in [1.165, 1.54) is 6.07 Å². The Kier molecular flexibility index (Phi) is 5.60. The van der Waals surface area contributed by atoms with Crippen LogP contribution in [0.1, 0.15) is 23.7 Å². The van der Waals surface area contributed by atoms with Crippen LogP contribution in [0.25, 0.3) is 0 Å². The molecular weight excluding hydrogens is 316 g/mol. The zero-order valence-corrected chi connectivity index (χ0v) is 13.3. The molecule has 0 aliphatic heterocycles. The van der Waals surface area contributed by atoms with Crippen LogP contribution in [-0.4, -0.2) is 17.9 Å². The Balaban J connectivity index is 2.10. The molecule has 2 rings (SSSR count). The smallest absolute Gasteiger partial charge is 0.265 e. The third-order valence-corrected chi connectivity index (χ3v) is 3.50. The van der Waals surface area contributed by atoms with Crippen LogP contribution in [0, 0.1) is 0 Å². The summed E-state index contributed by atoms with van der Waals surface area (Å²) in [7, 11) is 0. The summed E-state index contributed by atoms with van der Waals surface area (Å²) in [5.41, 5.74) is 6.03. The summed E-state index contributed by atoms with van der Waals surface area (Å²) in [6.07, 6.45) is -0.237. The monoisotopic (exact) mass is 332 g/mol. The van der Waals surface area contributed by atoms with E-state index in [-0.39, 0.29) is 5.91 Å². The van der Waals surface area contributed by atoms with Gasteiger partial charge in [0.15, 0.2) is 6.10 Å². The van der Waals surface area contributed by atoms with Gasteiger partial charge >= 0.3 is 0 Å². The van der Waals surface area contributed by atoms with Gasteiger partial charge in [-0.05, 0) is 36.8 Å². The Bertz CT molecular complexity index is 718. The van der Waals surface area contributed by atoms with Crippen LogP contribution in [0.2, 0.25) is 5.02 Å². The normalized spacial score (nSPS) is 11.6. The van der Waals surface area contributed by atoms with Gasteiger partial charge in [0.1, 0.15) is 5.75 Å². The third-order valence-electron chi connectivity index (χ3n) is 3.18. The highest BCUT2D eigenvalue weighted by Gasteiger charge is 2.19. The second-order valence-corrected chi connectivity index (χ2v) is 5.29. The molecule has 0 fully saturated rings. The molecule has 0 radical (unpaired) electrons. The fourth-order valence-corrected chi connectivity index (χ4v) is 2.17. The number of anilines is 1. The van der Waals surface area contributed by atoms with Gasteiger partial charge in [0.2, 0.25) is 5.91 Å². The van der Waals surface area contributed by atoms with Crippen LogP contribution in [0.5, 0.6) is 5.75 Å². The van der Waals surface area contributed by atoms with Crippen molar-refractivity contribution in [2.24, 2.45) is 5.73 Å². The van der Waals surface area contributed by atoms with Crippen molar-refractivity contribution < 1.29 is 14.3 Å². The van der Waals surface area contributed by atoms with Crippen molar-refractivity contribution in [3.05, 3.63) is 59.1 Å². The van der Waals surface area contributed by atoms with E-state index < -0.39 is 12.0 Å². The number of carbonyl (C=O) groups is 2. The van der Waals surface area contributed by atoms with Crippen LogP contribution in [0.4, 0.5) is 5.69 Å². The lowest BCUT2D eigenvalue weighted by Crippen LogP contribution is -2.32. The summed E-state index contributed by atoms with van der Waals surface area (Å²) in [5.74, 6) is -0.434. The molecule has 0 spiro atoms. The number of hydrogen-bond acceptors (Lipinski definition) is 3. The average Bonchev–Trinajstić information content (AvgIpc) is 2.54. The van der Waals surface area contributed by atoms with E-state index in [1.807, 2.05) is 6.92 Å². The number of primary amides is 1. The molecule has 2 aromatic rings. The average molecular weight is 333 g/mol. The molecule has 23 heavy (non-hydrogen) atoms. The number of nitrogens with two attached hydrogens (primary N) is 1. The lowest BCUT2D eigenvalue weighted by molar-refractivity contribution is -0.122. The van der Waals surface area contributed by atoms with Gasteiger partial charge in [-0.15, -0.1) is 0 Å². The number of ether oxygens (including phenoxy) is 1. The maximum absolute atomic E-state index is 12.3. The standard InChI is InChI=1S/C17H17ClN2O3/c1-2-14(23-15-9-4-3-8-13(15)18)17(22)20-12-7-5-6-11(10-12)16(19)21/h3-10,14H,2H2,1H3,(H2,19,21)(H,20,22). The molecule has 0 heterocycles. The predicted molar refractivity (Wildman–Crippen MR) is 89.7 cm³/mol. The fraction of sp³-hybridized carbons (Fsp3) is 0.176. The molecule has 0 saturated carbocycles. The van der Waals surface area contributed by atoms with Gasteiger partial charge in [-0.2, -0.15) is 0 Å². The Morgan fingerprint density at radius 1 is 1.22 bits per heavy atom.